The number of hydrogen-bond acceptors (Lipinski definition) is 6. The fourth-order valence-electron chi connectivity index (χ4n) is 2.15. The van der Waals surface area contributed by atoms with Crippen LogP contribution in [0.15, 0.2) is 0 Å². The van der Waals surface area contributed by atoms with Crippen LogP contribution in [0.4, 0.5) is 11.9 Å². The molecule has 1 heterocycles. The summed E-state index contributed by atoms with van der Waals surface area (Å²) in [4.78, 5) is 15.3. The van der Waals surface area contributed by atoms with E-state index in [1.807, 2.05) is 7.05 Å². The van der Waals surface area contributed by atoms with Gasteiger partial charge < -0.3 is 15.0 Å². The second-order valence-electron chi connectivity index (χ2n) is 5.49. The highest BCUT2D eigenvalue weighted by Crippen LogP contribution is 2.35. The Kier molecular flexibility index (Phi) is 3.40. The minimum absolute atomic E-state index is 0.381. The van der Waals surface area contributed by atoms with E-state index in [4.69, 9.17) is 4.74 Å². The molecule has 0 amide bonds. The SMILES string of the molecule is CNc1nc(OC)nc(N(CC2CC2)CC2CC2)n1. The van der Waals surface area contributed by atoms with Gasteiger partial charge in [-0.05, 0) is 37.5 Å². The molecule has 19 heavy (non-hydrogen) atoms. The fraction of sp³-hybridized carbons (Fsp3) is 0.769. The lowest BCUT2D eigenvalue weighted by Gasteiger charge is -2.22. The zero-order valence-electron chi connectivity index (χ0n) is 11.6. The molecule has 2 fully saturated rings. The van der Waals surface area contributed by atoms with Crippen molar-refractivity contribution in [1.29, 1.82) is 0 Å². The van der Waals surface area contributed by atoms with Gasteiger partial charge in [-0.1, -0.05) is 0 Å². The van der Waals surface area contributed by atoms with Crippen LogP contribution in [-0.2, 0) is 0 Å². The van der Waals surface area contributed by atoms with Crippen LogP contribution in [0.1, 0.15) is 25.7 Å². The van der Waals surface area contributed by atoms with Crippen molar-refractivity contribution in [2.24, 2.45) is 11.8 Å². The molecule has 1 aromatic rings. The molecular formula is C13H21N5O. The summed E-state index contributed by atoms with van der Waals surface area (Å²) in [5.74, 6) is 2.95. The molecule has 6 nitrogen and oxygen atoms in total. The van der Waals surface area contributed by atoms with Crippen molar-refractivity contribution in [1.82, 2.24) is 15.0 Å². The zero-order valence-corrected chi connectivity index (χ0v) is 11.6. The van der Waals surface area contributed by atoms with E-state index in [2.05, 4.69) is 25.2 Å². The summed E-state index contributed by atoms with van der Waals surface area (Å²) in [5, 5.41) is 2.97. The van der Waals surface area contributed by atoms with Crippen molar-refractivity contribution in [3.05, 3.63) is 0 Å². The lowest BCUT2D eigenvalue weighted by Crippen LogP contribution is -2.30. The summed E-state index contributed by atoms with van der Waals surface area (Å²) in [6.45, 7) is 2.12. The smallest absolute Gasteiger partial charge is 0.322 e. The van der Waals surface area contributed by atoms with Crippen LogP contribution in [0.2, 0.25) is 0 Å². The molecule has 2 aliphatic rings. The Morgan fingerprint density at radius 2 is 1.74 bits per heavy atom. The number of rotatable bonds is 7. The third kappa shape index (κ3) is 3.24. The molecule has 0 saturated heterocycles. The van der Waals surface area contributed by atoms with Crippen molar-refractivity contribution < 1.29 is 4.74 Å². The van der Waals surface area contributed by atoms with Gasteiger partial charge in [-0.2, -0.15) is 15.0 Å². The average Bonchev–Trinajstić information content (AvgIpc) is 3.32. The van der Waals surface area contributed by atoms with Gasteiger partial charge in [0.15, 0.2) is 0 Å². The standard InChI is InChI=1S/C13H21N5O/c1-14-11-15-12(17-13(16-11)19-2)18(7-9-3-4-9)8-10-5-6-10/h9-10H,3-8H2,1-2H3,(H,14,15,16,17). The van der Waals surface area contributed by atoms with Gasteiger partial charge >= 0.3 is 6.01 Å². The van der Waals surface area contributed by atoms with E-state index in [0.717, 1.165) is 30.9 Å². The molecule has 6 heteroatoms. The molecule has 2 saturated carbocycles. The van der Waals surface area contributed by atoms with Gasteiger partial charge in [-0.3, -0.25) is 0 Å². The summed E-state index contributed by atoms with van der Waals surface area (Å²) in [5.41, 5.74) is 0. The van der Waals surface area contributed by atoms with E-state index in [9.17, 15) is 0 Å². The first-order valence-electron chi connectivity index (χ1n) is 7.01. The molecule has 104 valence electrons. The van der Waals surface area contributed by atoms with Crippen LogP contribution in [0.3, 0.4) is 0 Å². The summed E-state index contributed by atoms with van der Waals surface area (Å²) in [6, 6.07) is 0.381. The highest BCUT2D eigenvalue weighted by Gasteiger charge is 2.30. The lowest BCUT2D eigenvalue weighted by molar-refractivity contribution is 0.378. The average molecular weight is 263 g/mol. The van der Waals surface area contributed by atoms with E-state index in [0.29, 0.717) is 12.0 Å². The van der Waals surface area contributed by atoms with Crippen LogP contribution in [0.25, 0.3) is 0 Å². The monoisotopic (exact) mass is 263 g/mol. The fourth-order valence-corrected chi connectivity index (χ4v) is 2.15. The number of nitrogens with zero attached hydrogens (tertiary/aromatic N) is 4. The van der Waals surface area contributed by atoms with Crippen LogP contribution in [0.5, 0.6) is 6.01 Å². The van der Waals surface area contributed by atoms with Gasteiger partial charge in [0.05, 0.1) is 7.11 Å². The molecule has 2 aliphatic carbocycles. The maximum Gasteiger partial charge on any atom is 0.322 e. The second-order valence-corrected chi connectivity index (χ2v) is 5.49. The maximum atomic E-state index is 5.16. The summed E-state index contributed by atoms with van der Waals surface area (Å²) in [7, 11) is 3.40. The minimum Gasteiger partial charge on any atom is -0.467 e. The quantitative estimate of drug-likeness (QED) is 0.805. The number of aromatic nitrogens is 3. The highest BCUT2D eigenvalue weighted by molar-refractivity contribution is 5.38. The molecule has 0 atom stereocenters. The Morgan fingerprint density at radius 1 is 1.11 bits per heavy atom. The summed E-state index contributed by atoms with van der Waals surface area (Å²) >= 11 is 0. The van der Waals surface area contributed by atoms with E-state index < -0.39 is 0 Å². The molecule has 1 aromatic heterocycles. The third-order valence-electron chi connectivity index (χ3n) is 3.64. The number of ether oxygens (including phenoxy) is 1. The van der Waals surface area contributed by atoms with Crippen molar-refractivity contribution in [2.75, 3.05) is 37.5 Å². The number of hydrogen-bond donors (Lipinski definition) is 1. The van der Waals surface area contributed by atoms with E-state index in [-0.39, 0.29) is 0 Å². The molecule has 0 bridgehead atoms. The second kappa shape index (κ2) is 5.19. The van der Waals surface area contributed by atoms with E-state index in [1.165, 1.54) is 25.7 Å². The maximum absolute atomic E-state index is 5.16. The highest BCUT2D eigenvalue weighted by atomic mass is 16.5. The zero-order chi connectivity index (χ0) is 13.2. The number of nitrogens with one attached hydrogen (secondary N) is 1. The predicted molar refractivity (Wildman–Crippen MR) is 73.6 cm³/mol. The Labute approximate surface area is 113 Å². The summed E-state index contributed by atoms with van der Waals surface area (Å²) < 4.78 is 5.16. The van der Waals surface area contributed by atoms with Crippen molar-refractivity contribution in [3.8, 4) is 6.01 Å². The van der Waals surface area contributed by atoms with Crippen LogP contribution < -0.4 is 15.0 Å². The summed E-state index contributed by atoms with van der Waals surface area (Å²) in [6.07, 6.45) is 5.34. The molecule has 0 aromatic carbocycles. The minimum atomic E-state index is 0.381. The molecule has 3 rings (SSSR count). The normalized spacial score (nSPS) is 18.2. The van der Waals surface area contributed by atoms with Gasteiger partial charge in [-0.15, -0.1) is 0 Å². The Bertz CT molecular complexity index is 408. The number of anilines is 2. The van der Waals surface area contributed by atoms with Gasteiger partial charge in [0.1, 0.15) is 0 Å². The molecular weight excluding hydrogens is 242 g/mol. The molecule has 0 aliphatic heterocycles. The van der Waals surface area contributed by atoms with Crippen molar-refractivity contribution >= 4 is 11.9 Å². The van der Waals surface area contributed by atoms with Crippen LogP contribution >= 0.6 is 0 Å². The third-order valence-corrected chi connectivity index (χ3v) is 3.64. The first kappa shape index (κ1) is 12.4. The predicted octanol–water partition coefficient (Wildman–Crippen LogP) is 1.55. The first-order valence-corrected chi connectivity index (χ1v) is 7.01. The Morgan fingerprint density at radius 3 is 2.21 bits per heavy atom. The largest absolute Gasteiger partial charge is 0.467 e. The van der Waals surface area contributed by atoms with Crippen molar-refractivity contribution in [2.45, 2.75) is 25.7 Å². The van der Waals surface area contributed by atoms with Gasteiger partial charge in [0, 0.05) is 20.1 Å². The Balaban J connectivity index is 1.81. The topological polar surface area (TPSA) is 63.2 Å². The van der Waals surface area contributed by atoms with E-state index in [1.54, 1.807) is 7.11 Å². The molecule has 0 unspecified atom stereocenters. The van der Waals surface area contributed by atoms with Gasteiger partial charge in [0.25, 0.3) is 0 Å². The lowest BCUT2D eigenvalue weighted by atomic mass is 10.3. The van der Waals surface area contributed by atoms with Crippen molar-refractivity contribution in [3.63, 3.8) is 0 Å². The Hall–Kier alpha value is -1.59. The first-order chi connectivity index (χ1) is 9.28. The molecule has 0 spiro atoms. The molecule has 0 radical (unpaired) electrons. The van der Waals surface area contributed by atoms with E-state index >= 15 is 0 Å². The van der Waals surface area contributed by atoms with Crippen LogP contribution in [0, 0.1) is 11.8 Å². The number of methoxy groups -OCH3 is 1. The van der Waals surface area contributed by atoms with Crippen LogP contribution in [-0.4, -0.2) is 42.2 Å². The van der Waals surface area contributed by atoms with Gasteiger partial charge in [0.2, 0.25) is 11.9 Å². The molecule has 1 N–H and O–H groups in total. The van der Waals surface area contributed by atoms with Gasteiger partial charge in [-0.25, -0.2) is 0 Å².